The standard InChI is InChI=1S/C33H46N2O3S.BrH/c1-3-4-5-6-7-8-9-10-11-12-13-16-24-37-31-17-14-15-18-32(31)38-27-33(36)34-30-21-19-29(20-22-30)26-35-23-25-39-28(35)2;/h14-15,17-23,25H,3-13,16,24,26-27H2,1-2H3;1H. The number of anilines is 1. The van der Waals surface area contributed by atoms with Gasteiger partial charge in [0.05, 0.1) is 12.0 Å². The van der Waals surface area contributed by atoms with Crippen molar-refractivity contribution in [1.82, 2.24) is 0 Å². The number of ether oxygens (including phenoxy) is 2. The summed E-state index contributed by atoms with van der Waals surface area (Å²) in [7, 11) is 0. The van der Waals surface area contributed by atoms with Crippen molar-refractivity contribution in [2.24, 2.45) is 0 Å². The van der Waals surface area contributed by atoms with Crippen LogP contribution in [0.15, 0.2) is 60.1 Å². The van der Waals surface area contributed by atoms with Crippen molar-refractivity contribution in [1.29, 1.82) is 0 Å². The summed E-state index contributed by atoms with van der Waals surface area (Å²) < 4.78 is 14.0. The number of hydrogen-bond donors (Lipinski definition) is 1. The fourth-order valence-electron chi connectivity index (χ4n) is 4.58. The lowest BCUT2D eigenvalue weighted by molar-refractivity contribution is -0.689. The summed E-state index contributed by atoms with van der Waals surface area (Å²) in [5, 5.41) is 6.27. The molecule has 0 aliphatic rings. The third kappa shape index (κ3) is 13.3. The monoisotopic (exact) mass is 630 g/mol. The molecule has 1 amide bonds. The molecule has 7 heteroatoms. The molecule has 1 aromatic heterocycles. The maximum absolute atomic E-state index is 12.5. The van der Waals surface area contributed by atoms with Crippen LogP contribution in [0.1, 0.15) is 94.5 Å². The molecule has 3 rings (SSSR count). The first kappa shape index (κ1) is 33.8. The van der Waals surface area contributed by atoms with Crippen molar-refractivity contribution in [3.63, 3.8) is 0 Å². The lowest BCUT2D eigenvalue weighted by Gasteiger charge is -2.13. The van der Waals surface area contributed by atoms with Crippen LogP contribution in [0.2, 0.25) is 0 Å². The zero-order chi connectivity index (χ0) is 27.5. The summed E-state index contributed by atoms with van der Waals surface area (Å²) in [5.41, 5.74) is 1.95. The first-order valence-corrected chi connectivity index (χ1v) is 15.7. The van der Waals surface area contributed by atoms with E-state index in [9.17, 15) is 4.79 Å². The average molecular weight is 632 g/mol. The molecule has 0 aliphatic carbocycles. The number of aryl methyl sites for hydroxylation is 1. The number of amides is 1. The summed E-state index contributed by atoms with van der Waals surface area (Å²) >= 11 is 1.73. The van der Waals surface area contributed by atoms with E-state index in [0.29, 0.717) is 18.1 Å². The summed E-state index contributed by atoms with van der Waals surface area (Å²) in [6.45, 7) is 5.81. The molecule has 40 heavy (non-hydrogen) atoms. The molecule has 3 aromatic rings. The number of aromatic nitrogens is 1. The first-order valence-electron chi connectivity index (χ1n) is 14.8. The Bertz CT molecular complexity index is 1090. The molecular weight excluding hydrogens is 584 g/mol. The van der Waals surface area contributed by atoms with Crippen LogP contribution in [0.25, 0.3) is 0 Å². The van der Waals surface area contributed by atoms with Crippen LogP contribution in [0, 0.1) is 6.92 Å². The van der Waals surface area contributed by atoms with E-state index >= 15 is 0 Å². The van der Waals surface area contributed by atoms with Crippen LogP contribution in [0.3, 0.4) is 0 Å². The minimum atomic E-state index is -0.193. The topological polar surface area (TPSA) is 51.4 Å². The predicted octanol–water partition coefficient (Wildman–Crippen LogP) is 5.49. The molecule has 0 spiro atoms. The van der Waals surface area contributed by atoms with Gasteiger partial charge in [0, 0.05) is 18.2 Å². The van der Waals surface area contributed by atoms with E-state index < -0.39 is 0 Å². The van der Waals surface area contributed by atoms with E-state index in [1.54, 1.807) is 11.3 Å². The minimum absolute atomic E-state index is 0. The highest BCUT2D eigenvalue weighted by Crippen LogP contribution is 2.27. The fraction of sp³-hybridized carbons (Fsp3) is 0.515. The molecule has 1 N–H and O–H groups in total. The zero-order valence-electron chi connectivity index (χ0n) is 24.3. The highest BCUT2D eigenvalue weighted by molar-refractivity contribution is 7.09. The lowest BCUT2D eigenvalue weighted by atomic mass is 10.1. The molecule has 5 nitrogen and oxygen atoms in total. The van der Waals surface area contributed by atoms with Gasteiger partial charge in [-0.15, -0.1) is 0 Å². The number of thiazole rings is 1. The van der Waals surface area contributed by atoms with Crippen LogP contribution in [0.4, 0.5) is 5.69 Å². The number of para-hydroxylation sites is 2. The third-order valence-corrected chi connectivity index (χ3v) is 7.77. The van der Waals surface area contributed by atoms with E-state index in [2.05, 4.69) is 35.3 Å². The molecule has 0 bridgehead atoms. The van der Waals surface area contributed by atoms with Gasteiger partial charge in [-0.1, -0.05) is 113 Å². The normalized spacial score (nSPS) is 10.7. The summed E-state index contributed by atoms with van der Waals surface area (Å²) in [6.07, 6.45) is 17.9. The number of carbonyl (C=O) groups is 1. The second-order valence-electron chi connectivity index (χ2n) is 10.3. The van der Waals surface area contributed by atoms with Gasteiger partial charge in [0.15, 0.2) is 30.8 Å². The maximum Gasteiger partial charge on any atom is 0.262 e. The van der Waals surface area contributed by atoms with Gasteiger partial charge >= 0.3 is 0 Å². The van der Waals surface area contributed by atoms with Crippen LogP contribution in [-0.4, -0.2) is 19.1 Å². The SMILES string of the molecule is CCCCCCCCCCCCCCOc1ccccc1OCC(=O)Nc1ccc(C[n+]2ccsc2C)cc1.[Br-]. The molecule has 0 radical (unpaired) electrons. The highest BCUT2D eigenvalue weighted by atomic mass is 79.9. The molecule has 2 aromatic carbocycles. The highest BCUT2D eigenvalue weighted by Gasteiger charge is 2.10. The number of hydrogen-bond acceptors (Lipinski definition) is 4. The molecule has 0 atom stereocenters. The van der Waals surface area contributed by atoms with Gasteiger partial charge < -0.3 is 31.8 Å². The number of halogens is 1. The number of nitrogens with zero attached hydrogens (tertiary/aromatic N) is 1. The van der Waals surface area contributed by atoms with Gasteiger partial charge in [-0.2, -0.15) is 4.57 Å². The van der Waals surface area contributed by atoms with Gasteiger partial charge in [0.2, 0.25) is 5.01 Å². The molecule has 220 valence electrons. The van der Waals surface area contributed by atoms with Gasteiger partial charge in [-0.05, 0) is 30.7 Å². The zero-order valence-corrected chi connectivity index (χ0v) is 26.7. The third-order valence-electron chi connectivity index (χ3n) is 6.94. The fourth-order valence-corrected chi connectivity index (χ4v) is 5.25. The number of nitrogens with one attached hydrogen (secondary N) is 1. The molecule has 0 saturated carbocycles. The molecule has 0 aliphatic heterocycles. The Labute approximate surface area is 256 Å². The maximum atomic E-state index is 12.5. The Balaban J connectivity index is 0.00000560. The van der Waals surface area contributed by atoms with Crippen LogP contribution >= 0.6 is 11.3 Å². The minimum Gasteiger partial charge on any atom is -1.00 e. The van der Waals surface area contributed by atoms with Crippen molar-refractivity contribution in [2.75, 3.05) is 18.5 Å². The van der Waals surface area contributed by atoms with Gasteiger partial charge in [-0.25, -0.2) is 0 Å². The quantitative estimate of drug-likeness (QED) is 0.133. The number of carbonyl (C=O) groups excluding carboxylic acids is 1. The van der Waals surface area contributed by atoms with E-state index in [1.807, 2.05) is 48.5 Å². The summed E-state index contributed by atoms with van der Waals surface area (Å²) in [6, 6.07) is 15.5. The second-order valence-corrected chi connectivity index (χ2v) is 11.4. The number of rotatable bonds is 20. The van der Waals surface area contributed by atoms with E-state index in [4.69, 9.17) is 9.47 Å². The smallest absolute Gasteiger partial charge is 0.262 e. The Hall–Kier alpha value is -2.38. The Kier molecular flexibility index (Phi) is 17.3. The van der Waals surface area contributed by atoms with Crippen molar-refractivity contribution in [3.05, 3.63) is 70.7 Å². The second kappa shape index (κ2) is 20.5. The number of benzene rings is 2. The van der Waals surface area contributed by atoms with E-state index in [1.165, 1.54) is 81.2 Å². The molecule has 0 unspecified atom stereocenters. The summed E-state index contributed by atoms with van der Waals surface area (Å²) in [5.74, 6) is 1.10. The molecule has 1 heterocycles. The lowest BCUT2D eigenvalue weighted by Crippen LogP contribution is -3.00. The number of unbranched alkanes of at least 4 members (excludes halogenated alkanes) is 11. The van der Waals surface area contributed by atoms with Crippen LogP contribution < -0.4 is 36.3 Å². The average Bonchev–Trinajstić information content (AvgIpc) is 3.35. The predicted molar refractivity (Wildman–Crippen MR) is 162 cm³/mol. The van der Waals surface area contributed by atoms with Gasteiger partial charge in [0.1, 0.15) is 0 Å². The van der Waals surface area contributed by atoms with Gasteiger partial charge in [-0.3, -0.25) is 4.79 Å². The van der Waals surface area contributed by atoms with Crippen molar-refractivity contribution in [2.45, 2.75) is 97.4 Å². The Morgan fingerprint density at radius 2 is 1.38 bits per heavy atom. The van der Waals surface area contributed by atoms with E-state index in [-0.39, 0.29) is 29.5 Å². The van der Waals surface area contributed by atoms with Crippen molar-refractivity contribution >= 4 is 22.9 Å². The molecule has 0 fully saturated rings. The van der Waals surface area contributed by atoms with E-state index in [0.717, 1.165) is 18.7 Å². The largest absolute Gasteiger partial charge is 1.00 e. The molecule has 0 saturated heterocycles. The first-order chi connectivity index (χ1) is 19.2. The van der Waals surface area contributed by atoms with Crippen molar-refractivity contribution in [3.8, 4) is 11.5 Å². The van der Waals surface area contributed by atoms with Crippen molar-refractivity contribution < 1.29 is 35.8 Å². The summed E-state index contributed by atoms with van der Waals surface area (Å²) in [4.78, 5) is 12.5. The Morgan fingerprint density at radius 3 is 1.95 bits per heavy atom. The van der Waals surface area contributed by atoms with Crippen LogP contribution in [-0.2, 0) is 11.3 Å². The molecular formula is C33H47BrN2O3S. The van der Waals surface area contributed by atoms with Crippen LogP contribution in [0.5, 0.6) is 11.5 Å². The van der Waals surface area contributed by atoms with Gasteiger partial charge in [0.25, 0.3) is 5.91 Å². The Morgan fingerprint density at radius 1 is 0.800 bits per heavy atom.